The van der Waals surface area contributed by atoms with Crippen molar-refractivity contribution in [1.82, 2.24) is 4.90 Å². The molecular formula is C15H17NO2. The molecule has 0 radical (unpaired) electrons. The summed E-state index contributed by atoms with van der Waals surface area (Å²) in [5.74, 6) is 0.979. The van der Waals surface area contributed by atoms with Crippen molar-refractivity contribution in [3.63, 3.8) is 0 Å². The Kier molecular flexibility index (Phi) is 3.82. The molecule has 1 aliphatic rings. The third-order valence-corrected chi connectivity index (χ3v) is 3.04. The first-order valence-electron chi connectivity index (χ1n) is 5.97. The number of carbonyl (C=O) groups is 1. The van der Waals surface area contributed by atoms with Gasteiger partial charge in [0, 0.05) is 19.2 Å². The number of ether oxygens (including phenoxy) is 1. The van der Waals surface area contributed by atoms with E-state index in [1.807, 2.05) is 49.5 Å². The van der Waals surface area contributed by atoms with E-state index in [4.69, 9.17) is 4.74 Å². The molecule has 0 unspecified atom stereocenters. The Morgan fingerprint density at radius 1 is 1.28 bits per heavy atom. The fourth-order valence-corrected chi connectivity index (χ4v) is 1.89. The molecule has 1 amide bonds. The van der Waals surface area contributed by atoms with E-state index in [-0.39, 0.29) is 5.91 Å². The molecule has 0 aliphatic carbocycles. The number of amides is 1. The Labute approximate surface area is 107 Å². The molecule has 94 valence electrons. The Morgan fingerprint density at radius 3 is 2.56 bits per heavy atom. The maximum atomic E-state index is 11.6. The molecule has 0 bridgehead atoms. The van der Waals surface area contributed by atoms with Gasteiger partial charge in [-0.25, -0.2) is 0 Å². The number of allylic oxidation sites excluding steroid dienone is 2. The minimum atomic E-state index is 0.134. The van der Waals surface area contributed by atoms with Gasteiger partial charge in [-0.15, -0.1) is 0 Å². The van der Waals surface area contributed by atoms with Crippen LogP contribution in [0.15, 0.2) is 42.0 Å². The number of carbonyl (C=O) groups excluding carboxylic acids is 1. The Bertz CT molecular complexity index is 486. The lowest BCUT2D eigenvalue weighted by molar-refractivity contribution is -0.123. The Balaban J connectivity index is 2.02. The number of hydrogen-bond donors (Lipinski definition) is 0. The maximum Gasteiger partial charge on any atom is 0.249 e. The average Bonchev–Trinajstić information content (AvgIpc) is 2.71. The molecule has 1 heterocycles. The van der Waals surface area contributed by atoms with Crippen LogP contribution >= 0.6 is 0 Å². The zero-order valence-electron chi connectivity index (χ0n) is 10.7. The third kappa shape index (κ3) is 2.80. The number of hydrogen-bond acceptors (Lipinski definition) is 2. The molecule has 1 aromatic rings. The summed E-state index contributed by atoms with van der Waals surface area (Å²) in [4.78, 5) is 13.4. The lowest BCUT2D eigenvalue weighted by atomic mass is 10.1. The molecule has 0 N–H and O–H groups in total. The Morgan fingerprint density at radius 2 is 2.00 bits per heavy atom. The van der Waals surface area contributed by atoms with Crippen molar-refractivity contribution in [3.05, 3.63) is 47.6 Å². The highest BCUT2D eigenvalue weighted by atomic mass is 16.5. The van der Waals surface area contributed by atoms with Gasteiger partial charge in [0.05, 0.1) is 7.11 Å². The van der Waals surface area contributed by atoms with E-state index in [9.17, 15) is 4.79 Å². The predicted octanol–water partition coefficient (Wildman–Crippen LogP) is 2.50. The smallest absolute Gasteiger partial charge is 0.249 e. The van der Waals surface area contributed by atoms with Gasteiger partial charge in [-0.05, 0) is 24.1 Å². The van der Waals surface area contributed by atoms with Gasteiger partial charge in [0.15, 0.2) is 0 Å². The zero-order chi connectivity index (χ0) is 13.0. The number of methoxy groups -OCH3 is 1. The lowest BCUT2D eigenvalue weighted by Gasteiger charge is -2.03. The molecule has 1 aliphatic heterocycles. The van der Waals surface area contributed by atoms with E-state index in [1.54, 1.807) is 12.0 Å². The normalized spacial score (nSPS) is 18.0. The van der Waals surface area contributed by atoms with E-state index in [1.165, 1.54) is 0 Å². The van der Waals surface area contributed by atoms with Crippen LogP contribution in [0.1, 0.15) is 12.0 Å². The molecule has 0 saturated carbocycles. The minimum absolute atomic E-state index is 0.134. The van der Waals surface area contributed by atoms with E-state index in [2.05, 4.69) is 0 Å². The van der Waals surface area contributed by atoms with Crippen molar-refractivity contribution >= 4 is 12.0 Å². The first-order chi connectivity index (χ1) is 8.70. The molecule has 2 rings (SSSR count). The highest BCUT2D eigenvalue weighted by Gasteiger charge is 2.20. The van der Waals surface area contributed by atoms with Crippen LogP contribution in [0.2, 0.25) is 0 Å². The number of nitrogens with zero attached hydrogens (tertiary/aromatic N) is 1. The summed E-state index contributed by atoms with van der Waals surface area (Å²) in [5, 5.41) is 0. The van der Waals surface area contributed by atoms with Crippen LogP contribution in [0.4, 0.5) is 0 Å². The largest absolute Gasteiger partial charge is 0.497 e. The van der Waals surface area contributed by atoms with Crippen molar-refractivity contribution < 1.29 is 9.53 Å². The van der Waals surface area contributed by atoms with Crippen LogP contribution in [-0.2, 0) is 4.79 Å². The van der Waals surface area contributed by atoms with Gasteiger partial charge in [-0.3, -0.25) is 4.79 Å². The summed E-state index contributed by atoms with van der Waals surface area (Å²) in [6.07, 6.45) is 6.64. The zero-order valence-corrected chi connectivity index (χ0v) is 10.7. The van der Waals surface area contributed by atoms with E-state index in [0.717, 1.165) is 29.9 Å². The predicted molar refractivity (Wildman–Crippen MR) is 72.4 cm³/mol. The van der Waals surface area contributed by atoms with Gasteiger partial charge >= 0.3 is 0 Å². The van der Waals surface area contributed by atoms with Crippen LogP contribution in [0.25, 0.3) is 6.08 Å². The van der Waals surface area contributed by atoms with Crippen LogP contribution in [-0.4, -0.2) is 31.5 Å². The van der Waals surface area contributed by atoms with Gasteiger partial charge in [-0.2, -0.15) is 0 Å². The van der Waals surface area contributed by atoms with Crippen molar-refractivity contribution in [3.8, 4) is 5.75 Å². The lowest BCUT2D eigenvalue weighted by Crippen LogP contribution is -2.18. The topological polar surface area (TPSA) is 29.5 Å². The summed E-state index contributed by atoms with van der Waals surface area (Å²) >= 11 is 0. The van der Waals surface area contributed by atoms with Crippen molar-refractivity contribution in [2.75, 3.05) is 20.7 Å². The van der Waals surface area contributed by atoms with Crippen LogP contribution in [0, 0.1) is 0 Å². The molecule has 0 spiro atoms. The number of benzene rings is 1. The number of likely N-dealkylation sites (N-methyl/N-ethyl adjacent to an activating group) is 1. The van der Waals surface area contributed by atoms with Crippen molar-refractivity contribution in [2.45, 2.75) is 6.42 Å². The first kappa shape index (κ1) is 12.4. The van der Waals surface area contributed by atoms with E-state index < -0.39 is 0 Å². The second-order valence-corrected chi connectivity index (χ2v) is 4.30. The molecular weight excluding hydrogens is 226 g/mol. The fourth-order valence-electron chi connectivity index (χ4n) is 1.89. The first-order valence-corrected chi connectivity index (χ1v) is 5.97. The molecule has 0 atom stereocenters. The van der Waals surface area contributed by atoms with Crippen LogP contribution < -0.4 is 4.74 Å². The van der Waals surface area contributed by atoms with Crippen LogP contribution in [0.5, 0.6) is 5.75 Å². The summed E-state index contributed by atoms with van der Waals surface area (Å²) in [5.41, 5.74) is 1.97. The van der Waals surface area contributed by atoms with Gasteiger partial charge in [0.1, 0.15) is 5.75 Å². The molecule has 1 saturated heterocycles. The van der Waals surface area contributed by atoms with Crippen molar-refractivity contribution in [2.24, 2.45) is 0 Å². The second-order valence-electron chi connectivity index (χ2n) is 4.30. The monoisotopic (exact) mass is 243 g/mol. The van der Waals surface area contributed by atoms with E-state index in [0.29, 0.717) is 0 Å². The molecule has 3 heteroatoms. The quantitative estimate of drug-likeness (QED) is 0.763. The third-order valence-electron chi connectivity index (χ3n) is 3.04. The summed E-state index contributed by atoms with van der Waals surface area (Å²) < 4.78 is 5.09. The fraction of sp³-hybridized carbons (Fsp3) is 0.267. The SMILES string of the molecule is COc1ccc(/C=C/C=C2\CCN(C)C2=O)cc1. The highest BCUT2D eigenvalue weighted by Crippen LogP contribution is 2.16. The second kappa shape index (κ2) is 5.54. The standard InChI is InChI=1S/C15H17NO2/c1-16-11-10-13(15(16)17)5-3-4-12-6-8-14(18-2)9-7-12/h3-9H,10-11H2,1-2H3/b4-3+,13-5+. The average molecular weight is 243 g/mol. The maximum absolute atomic E-state index is 11.6. The number of likely N-dealkylation sites (tertiary alicyclic amines) is 1. The molecule has 0 aromatic heterocycles. The van der Waals surface area contributed by atoms with Gasteiger partial charge in [0.25, 0.3) is 0 Å². The number of rotatable bonds is 3. The summed E-state index contributed by atoms with van der Waals surface area (Å²) in [7, 11) is 3.48. The van der Waals surface area contributed by atoms with Crippen LogP contribution in [0.3, 0.4) is 0 Å². The molecule has 3 nitrogen and oxygen atoms in total. The van der Waals surface area contributed by atoms with Crippen molar-refractivity contribution in [1.29, 1.82) is 0 Å². The van der Waals surface area contributed by atoms with Gasteiger partial charge in [-0.1, -0.05) is 30.4 Å². The Hall–Kier alpha value is -2.03. The van der Waals surface area contributed by atoms with E-state index >= 15 is 0 Å². The summed E-state index contributed by atoms with van der Waals surface area (Å²) in [6, 6.07) is 7.80. The molecule has 1 aromatic carbocycles. The minimum Gasteiger partial charge on any atom is -0.497 e. The van der Waals surface area contributed by atoms with Gasteiger partial charge < -0.3 is 9.64 Å². The van der Waals surface area contributed by atoms with Gasteiger partial charge in [0.2, 0.25) is 5.91 Å². The molecule has 18 heavy (non-hydrogen) atoms. The summed E-state index contributed by atoms with van der Waals surface area (Å²) in [6.45, 7) is 0.820. The highest BCUT2D eigenvalue weighted by molar-refractivity contribution is 5.95. The molecule has 1 fully saturated rings.